The Bertz CT molecular complexity index is 1710. The molecule has 2 aromatic carbocycles. The fourth-order valence-corrected chi connectivity index (χ4v) is 9.81. The lowest BCUT2D eigenvalue weighted by atomic mass is 9.46. The average Bonchev–Trinajstić information content (AvgIpc) is 3.57. The largest absolute Gasteiger partial charge is 0.473 e. The number of ketones is 2. The Kier molecular flexibility index (Phi) is 8.06. The van der Waals surface area contributed by atoms with Crippen molar-refractivity contribution < 1.29 is 48.7 Å². The minimum atomic E-state index is -1.80. The summed E-state index contributed by atoms with van der Waals surface area (Å²) in [4.78, 5) is 49.6. The van der Waals surface area contributed by atoms with E-state index in [1.165, 1.54) is 0 Å². The van der Waals surface area contributed by atoms with E-state index in [1.54, 1.807) is 12.2 Å². The predicted octanol–water partition coefficient (Wildman–Crippen LogP) is 4.01. The summed E-state index contributed by atoms with van der Waals surface area (Å²) in [6, 6.07) is 15.5. The van der Waals surface area contributed by atoms with Crippen LogP contribution in [-0.4, -0.2) is 63.2 Å². The van der Waals surface area contributed by atoms with Gasteiger partial charge in [-0.2, -0.15) is 0 Å². The van der Waals surface area contributed by atoms with Crippen molar-refractivity contribution in [2.75, 3.05) is 6.61 Å². The smallest absolute Gasteiger partial charge is 0.417 e. The molecule has 7 rings (SSSR count). The molecule has 0 spiro atoms. The maximum absolute atomic E-state index is 14.3. The van der Waals surface area contributed by atoms with Crippen molar-refractivity contribution >= 4 is 23.5 Å². The van der Waals surface area contributed by atoms with E-state index in [9.17, 15) is 29.4 Å². The van der Waals surface area contributed by atoms with Crippen molar-refractivity contribution in [1.82, 2.24) is 0 Å². The summed E-state index contributed by atoms with van der Waals surface area (Å²) >= 11 is 0. The molecule has 0 radical (unpaired) electrons. The highest BCUT2D eigenvalue weighted by Gasteiger charge is 2.76. The van der Waals surface area contributed by atoms with Crippen molar-refractivity contribution in [3.05, 3.63) is 94.6 Å². The van der Waals surface area contributed by atoms with Crippen LogP contribution in [0.4, 0.5) is 0 Å². The Morgan fingerprint density at radius 3 is 2.33 bits per heavy atom. The lowest BCUT2D eigenvalue weighted by Gasteiger charge is -2.59. The van der Waals surface area contributed by atoms with E-state index in [4.69, 9.17) is 19.3 Å². The minimum absolute atomic E-state index is 0.00743. The molecule has 4 fully saturated rings. The van der Waals surface area contributed by atoms with Crippen molar-refractivity contribution in [2.24, 2.45) is 28.6 Å². The van der Waals surface area contributed by atoms with Gasteiger partial charge in [0.25, 0.3) is 0 Å². The van der Waals surface area contributed by atoms with E-state index < -0.39 is 59.3 Å². The van der Waals surface area contributed by atoms with Crippen LogP contribution >= 0.6 is 0 Å². The molecule has 1 aliphatic heterocycles. The number of fused-ring (bicyclic) bond motifs is 7. The number of aliphatic carboxylic acids is 1. The summed E-state index contributed by atoms with van der Waals surface area (Å²) in [5, 5.41) is 30.4. The fourth-order valence-electron chi connectivity index (χ4n) is 9.81. The quantitative estimate of drug-likeness (QED) is 0.294. The van der Waals surface area contributed by atoms with Gasteiger partial charge >= 0.3 is 11.9 Å². The first-order chi connectivity index (χ1) is 22.9. The van der Waals surface area contributed by atoms with E-state index in [-0.39, 0.29) is 36.6 Å². The van der Waals surface area contributed by atoms with Crippen LogP contribution in [0.5, 0.6) is 0 Å². The summed E-state index contributed by atoms with van der Waals surface area (Å²) < 4.78 is 18.2. The van der Waals surface area contributed by atoms with Crippen LogP contribution in [0.3, 0.4) is 0 Å². The van der Waals surface area contributed by atoms with Gasteiger partial charge in [0, 0.05) is 22.3 Å². The fraction of sp³-hybridized carbons (Fsp3) is 0.474. The lowest BCUT2D eigenvalue weighted by Crippen LogP contribution is -2.63. The summed E-state index contributed by atoms with van der Waals surface area (Å²) in [6.07, 6.45) is 5.50. The maximum atomic E-state index is 14.3. The van der Waals surface area contributed by atoms with Crippen molar-refractivity contribution in [2.45, 2.75) is 76.7 Å². The average molecular weight is 657 g/mol. The monoisotopic (exact) mass is 656 g/mol. The number of carbonyl (C=O) groups is 4. The van der Waals surface area contributed by atoms with Crippen molar-refractivity contribution in [3.63, 3.8) is 0 Å². The summed E-state index contributed by atoms with van der Waals surface area (Å²) in [5.41, 5.74) is 1.66. The zero-order chi connectivity index (χ0) is 34.0. The highest BCUT2D eigenvalue weighted by Crippen LogP contribution is 2.70. The number of esters is 1. The number of allylic oxidation sites excluding steroid dienone is 4. The number of carboxylic acid groups (broad SMARTS) is 1. The number of Topliss-reactive ketones (excluding diaryl/α,β-unsaturated/α-hetero) is 1. The van der Waals surface area contributed by atoms with E-state index >= 15 is 0 Å². The van der Waals surface area contributed by atoms with E-state index in [2.05, 4.69) is 6.92 Å². The van der Waals surface area contributed by atoms with Gasteiger partial charge in [-0.05, 0) is 72.8 Å². The highest BCUT2D eigenvalue weighted by molar-refractivity contribution is 6.28. The first-order valence-corrected chi connectivity index (χ1v) is 16.6. The van der Waals surface area contributed by atoms with Gasteiger partial charge in [-0.15, -0.1) is 0 Å². The molecule has 10 nitrogen and oxygen atoms in total. The predicted molar refractivity (Wildman–Crippen MR) is 170 cm³/mol. The molecular weight excluding hydrogens is 616 g/mol. The Labute approximate surface area is 278 Å². The van der Waals surface area contributed by atoms with Gasteiger partial charge in [0.05, 0.1) is 18.8 Å². The van der Waals surface area contributed by atoms with Crippen LogP contribution in [0.1, 0.15) is 68.1 Å². The molecule has 0 bridgehead atoms. The highest BCUT2D eigenvalue weighted by atomic mass is 16.7. The third-order valence-electron chi connectivity index (χ3n) is 12.0. The lowest BCUT2D eigenvalue weighted by molar-refractivity contribution is -0.202. The van der Waals surface area contributed by atoms with Crippen LogP contribution in [0.25, 0.3) is 0 Å². The van der Waals surface area contributed by atoms with Gasteiger partial charge in [0.1, 0.15) is 0 Å². The first kappa shape index (κ1) is 32.6. The Hall–Kier alpha value is -3.96. The number of hydrogen-bond donors (Lipinski definition) is 3. The molecule has 0 aromatic heterocycles. The Balaban J connectivity index is 1.19. The first-order valence-electron chi connectivity index (χ1n) is 16.6. The van der Waals surface area contributed by atoms with Crippen LogP contribution < -0.4 is 0 Å². The molecule has 1 saturated heterocycles. The number of hydrogen-bond acceptors (Lipinski definition) is 9. The molecular formula is C38H40O10. The van der Waals surface area contributed by atoms with Crippen LogP contribution in [-0.2, 0) is 46.4 Å². The maximum Gasteiger partial charge on any atom is 0.417 e. The molecule has 0 amide bonds. The van der Waals surface area contributed by atoms with Gasteiger partial charge in [-0.3, -0.25) is 9.59 Å². The number of carboxylic acids is 1. The molecule has 0 unspecified atom stereocenters. The number of rotatable bonds is 7. The van der Waals surface area contributed by atoms with Gasteiger partial charge in [-0.25, -0.2) is 9.59 Å². The number of ether oxygens (including phenoxy) is 3. The second-order valence-electron chi connectivity index (χ2n) is 14.5. The minimum Gasteiger partial charge on any atom is -0.473 e. The molecule has 3 N–H and O–H groups in total. The van der Waals surface area contributed by atoms with Gasteiger partial charge in [0.15, 0.2) is 24.3 Å². The molecule has 3 saturated carbocycles. The zero-order valence-corrected chi connectivity index (χ0v) is 27.0. The molecule has 10 heteroatoms. The SMILES string of the molecule is C[C@]12C=CC(=O)C=C1CC[C@@H]1[C@@H]2[C@@H](O)C[C@@]2(C)[C@H]1C[C@H]1O[C@@H](c3ccc(Cc4ccc(CO)cc4)cc3)O[C@]12C(=O)COC(=O)C(=O)O. The molecule has 252 valence electrons. The summed E-state index contributed by atoms with van der Waals surface area (Å²) in [7, 11) is 0. The standard InChI is InChI=1S/C38H40O10/c1-36-14-13-26(40)16-25(36)11-12-27-28-17-31-38(30(42)20-46-34(45)33(43)44,37(28,2)18-29(41)32(27)36)48-35(47-31)24-9-7-22(8-10-24)15-21-3-5-23(19-39)6-4-21/h3-10,13-14,16,27-29,31-32,35,39,41H,11-12,15,17-20H2,1-2H3,(H,43,44)/t27-,28-,29-,31+,32+,35+,36-,37-,38+/m0/s1. The zero-order valence-electron chi connectivity index (χ0n) is 27.0. The molecule has 2 aromatic rings. The van der Waals surface area contributed by atoms with E-state index in [0.29, 0.717) is 24.8 Å². The molecule has 5 aliphatic rings. The van der Waals surface area contributed by atoms with Gasteiger partial charge in [-0.1, -0.05) is 74.0 Å². The van der Waals surface area contributed by atoms with Crippen LogP contribution in [0, 0.1) is 28.6 Å². The van der Waals surface area contributed by atoms with Crippen molar-refractivity contribution in [1.29, 1.82) is 0 Å². The number of aliphatic hydroxyl groups excluding tert-OH is 2. The summed E-state index contributed by atoms with van der Waals surface area (Å²) in [6.45, 7) is 3.20. The molecule has 48 heavy (non-hydrogen) atoms. The second-order valence-corrected chi connectivity index (χ2v) is 14.5. The van der Waals surface area contributed by atoms with Crippen molar-refractivity contribution in [3.8, 4) is 0 Å². The third-order valence-corrected chi connectivity index (χ3v) is 12.0. The van der Waals surface area contributed by atoms with E-state index in [0.717, 1.165) is 28.7 Å². The number of benzene rings is 2. The normalized spacial score (nSPS) is 36.3. The topological polar surface area (TPSA) is 157 Å². The third kappa shape index (κ3) is 5.00. The number of aliphatic hydroxyl groups is 2. The molecule has 9 atom stereocenters. The Morgan fingerprint density at radius 2 is 1.67 bits per heavy atom. The number of carbonyl (C=O) groups excluding carboxylic acids is 3. The molecule has 4 aliphatic carbocycles. The summed E-state index contributed by atoms with van der Waals surface area (Å²) in [5.74, 6) is -4.26. The molecule has 1 heterocycles. The van der Waals surface area contributed by atoms with Crippen LogP contribution in [0.15, 0.2) is 72.3 Å². The van der Waals surface area contributed by atoms with Gasteiger partial charge < -0.3 is 29.5 Å². The van der Waals surface area contributed by atoms with Gasteiger partial charge in [0.2, 0.25) is 5.78 Å². The van der Waals surface area contributed by atoms with Crippen LogP contribution in [0.2, 0.25) is 0 Å². The van der Waals surface area contributed by atoms with E-state index in [1.807, 2.05) is 61.5 Å². The second kappa shape index (κ2) is 11.9. The Morgan fingerprint density at radius 1 is 1.00 bits per heavy atom.